The van der Waals surface area contributed by atoms with Crippen LogP contribution in [0.4, 0.5) is 23.7 Å². The maximum absolute atomic E-state index is 15.1. The van der Waals surface area contributed by atoms with Crippen LogP contribution >= 0.6 is 0 Å². The number of pyridine rings is 1. The first kappa shape index (κ1) is 27.8. The Labute approximate surface area is 224 Å². The number of rotatable bonds is 8. The van der Waals surface area contributed by atoms with E-state index in [0.717, 1.165) is 17.2 Å². The van der Waals surface area contributed by atoms with Gasteiger partial charge in [0.2, 0.25) is 0 Å². The number of nitrogens with zero attached hydrogens (tertiary/aromatic N) is 4. The van der Waals surface area contributed by atoms with Crippen LogP contribution in [0.3, 0.4) is 0 Å². The van der Waals surface area contributed by atoms with Gasteiger partial charge < -0.3 is 15.1 Å². The highest BCUT2D eigenvalue weighted by Gasteiger charge is 2.26. The summed E-state index contributed by atoms with van der Waals surface area (Å²) in [4.78, 5) is 46.4. The Morgan fingerprint density at radius 2 is 1.72 bits per heavy atom. The van der Waals surface area contributed by atoms with Gasteiger partial charge in [0, 0.05) is 55.4 Å². The smallest absolute Gasteiger partial charge is 0.324 e. The summed E-state index contributed by atoms with van der Waals surface area (Å²) < 4.78 is 39.9. The number of hydrogen-bond acceptors (Lipinski definition) is 5. The number of carbonyl (C=O) groups excluding carboxylic acids is 3. The lowest BCUT2D eigenvalue weighted by atomic mass is 10.1. The summed E-state index contributed by atoms with van der Waals surface area (Å²) in [5.41, 5.74) is 2.48. The number of piperazine rings is 1. The lowest BCUT2D eigenvalue weighted by molar-refractivity contribution is -0.131. The number of halogens is 3. The number of alkyl halides is 2. The van der Waals surface area contributed by atoms with E-state index in [0.29, 0.717) is 31.9 Å². The Bertz CT molecular complexity index is 1310. The van der Waals surface area contributed by atoms with Crippen LogP contribution in [0.15, 0.2) is 67.0 Å². The lowest BCUT2D eigenvalue weighted by Crippen LogP contribution is -2.52. The van der Waals surface area contributed by atoms with E-state index in [9.17, 15) is 23.2 Å². The minimum Gasteiger partial charge on any atom is -0.344 e. The van der Waals surface area contributed by atoms with Crippen LogP contribution in [0.25, 0.3) is 11.1 Å². The topological polar surface area (TPSA) is 85.9 Å². The largest absolute Gasteiger partial charge is 0.344 e. The maximum Gasteiger partial charge on any atom is 0.324 e. The Morgan fingerprint density at radius 3 is 2.33 bits per heavy atom. The first-order valence-corrected chi connectivity index (χ1v) is 12.4. The van der Waals surface area contributed by atoms with Crippen molar-refractivity contribution in [3.05, 3.63) is 83.9 Å². The standard InChI is InChI=1S/C28H28F3N5O3/c1-34-11-13-35(14-12-34)28(39)36(23-8-6-19(7-9-23)21-3-2-10-32-16-21)18-22-5-4-20(15-24(22)29)25(37)17-33-27(38)26(30)31/h2-10,15-16,26H,11-14,17-18H2,1H3,(H,33,38). The number of nitrogens with one attached hydrogen (secondary N) is 1. The van der Waals surface area contributed by atoms with Crippen LogP contribution in [0.2, 0.25) is 0 Å². The Kier molecular flexibility index (Phi) is 8.92. The molecular formula is C28H28F3N5O3. The van der Waals surface area contributed by atoms with Gasteiger partial charge >= 0.3 is 12.5 Å². The van der Waals surface area contributed by atoms with Gasteiger partial charge in [0.25, 0.3) is 5.91 Å². The molecule has 11 heteroatoms. The van der Waals surface area contributed by atoms with E-state index in [1.807, 2.05) is 36.6 Å². The average molecular weight is 540 g/mol. The predicted molar refractivity (Wildman–Crippen MR) is 140 cm³/mol. The normalized spacial score (nSPS) is 13.8. The first-order chi connectivity index (χ1) is 18.7. The summed E-state index contributed by atoms with van der Waals surface area (Å²) in [6, 6.07) is 14.5. The van der Waals surface area contributed by atoms with Gasteiger partial charge in [0.05, 0.1) is 13.1 Å². The fourth-order valence-electron chi connectivity index (χ4n) is 4.17. The number of ketones is 1. The quantitative estimate of drug-likeness (QED) is 0.440. The Morgan fingerprint density at radius 1 is 1.00 bits per heavy atom. The molecule has 0 radical (unpaired) electrons. The van der Waals surface area contributed by atoms with Gasteiger partial charge in [-0.1, -0.05) is 30.3 Å². The average Bonchev–Trinajstić information content (AvgIpc) is 2.95. The molecule has 1 fully saturated rings. The molecule has 2 heterocycles. The highest BCUT2D eigenvalue weighted by Crippen LogP contribution is 2.26. The maximum atomic E-state index is 15.1. The summed E-state index contributed by atoms with van der Waals surface area (Å²) in [5, 5.41) is 1.81. The van der Waals surface area contributed by atoms with E-state index in [-0.39, 0.29) is 23.7 Å². The van der Waals surface area contributed by atoms with Gasteiger partial charge in [0.15, 0.2) is 5.78 Å². The molecule has 3 aromatic rings. The van der Waals surface area contributed by atoms with Gasteiger partial charge in [-0.2, -0.15) is 8.78 Å². The highest BCUT2D eigenvalue weighted by atomic mass is 19.3. The van der Waals surface area contributed by atoms with Gasteiger partial charge in [-0.3, -0.25) is 19.5 Å². The molecule has 0 aliphatic carbocycles. The summed E-state index contributed by atoms with van der Waals surface area (Å²) in [7, 11) is 1.98. The SMILES string of the molecule is CN1CCN(C(=O)N(Cc2ccc(C(=O)CNC(=O)C(F)F)cc2F)c2ccc(-c3cccnc3)cc2)CC1. The van der Waals surface area contributed by atoms with Crippen LogP contribution in [-0.4, -0.2) is 78.7 Å². The number of likely N-dealkylation sites (N-methyl/N-ethyl adjacent to an activating group) is 1. The molecule has 0 atom stereocenters. The van der Waals surface area contributed by atoms with Crippen molar-refractivity contribution in [2.24, 2.45) is 0 Å². The van der Waals surface area contributed by atoms with E-state index in [2.05, 4.69) is 9.88 Å². The molecule has 0 spiro atoms. The number of benzene rings is 2. The van der Waals surface area contributed by atoms with Crippen molar-refractivity contribution in [1.82, 2.24) is 20.1 Å². The molecule has 0 saturated carbocycles. The van der Waals surface area contributed by atoms with E-state index in [1.165, 1.54) is 17.0 Å². The summed E-state index contributed by atoms with van der Waals surface area (Å²) in [5.74, 6) is -3.02. The zero-order chi connectivity index (χ0) is 27.9. The van der Waals surface area contributed by atoms with Crippen molar-refractivity contribution < 1.29 is 27.6 Å². The van der Waals surface area contributed by atoms with Crippen molar-refractivity contribution in [3.8, 4) is 11.1 Å². The molecule has 1 N–H and O–H groups in total. The number of amides is 3. The van der Waals surface area contributed by atoms with Crippen molar-refractivity contribution in [2.75, 3.05) is 44.7 Å². The number of anilines is 1. The molecule has 0 unspecified atom stereocenters. The lowest BCUT2D eigenvalue weighted by Gasteiger charge is -2.36. The van der Waals surface area contributed by atoms with Crippen molar-refractivity contribution in [2.45, 2.75) is 13.0 Å². The minimum absolute atomic E-state index is 0.0800. The molecule has 3 amide bonds. The third-order valence-electron chi connectivity index (χ3n) is 6.50. The van der Waals surface area contributed by atoms with E-state index < -0.39 is 30.5 Å². The Balaban J connectivity index is 1.56. The molecule has 204 valence electrons. The van der Waals surface area contributed by atoms with Crippen LogP contribution in [0, 0.1) is 5.82 Å². The summed E-state index contributed by atoms with van der Waals surface area (Å²) in [6.45, 7) is 1.71. The summed E-state index contributed by atoms with van der Waals surface area (Å²) >= 11 is 0. The zero-order valence-corrected chi connectivity index (χ0v) is 21.3. The fourth-order valence-corrected chi connectivity index (χ4v) is 4.17. The van der Waals surface area contributed by atoms with Crippen molar-refractivity contribution in [3.63, 3.8) is 0 Å². The zero-order valence-electron chi connectivity index (χ0n) is 21.3. The Hall–Kier alpha value is -4.25. The van der Waals surface area contributed by atoms with E-state index >= 15 is 4.39 Å². The second-order valence-corrected chi connectivity index (χ2v) is 9.20. The predicted octanol–water partition coefficient (Wildman–Crippen LogP) is 3.83. The number of Topliss-reactive ketones (excluding diaryl/α,β-unsaturated/α-hetero) is 1. The molecule has 39 heavy (non-hydrogen) atoms. The highest BCUT2D eigenvalue weighted by molar-refractivity contribution is 5.99. The number of carbonyl (C=O) groups is 3. The van der Waals surface area contributed by atoms with Crippen LogP contribution in [0.1, 0.15) is 15.9 Å². The van der Waals surface area contributed by atoms with Gasteiger partial charge in [-0.05, 0) is 42.4 Å². The van der Waals surface area contributed by atoms with Crippen LogP contribution in [0.5, 0.6) is 0 Å². The van der Waals surface area contributed by atoms with E-state index in [4.69, 9.17) is 0 Å². The molecule has 8 nitrogen and oxygen atoms in total. The molecule has 1 aliphatic rings. The van der Waals surface area contributed by atoms with Crippen molar-refractivity contribution >= 4 is 23.4 Å². The second kappa shape index (κ2) is 12.5. The number of hydrogen-bond donors (Lipinski definition) is 1. The second-order valence-electron chi connectivity index (χ2n) is 9.20. The fraction of sp³-hybridized carbons (Fsp3) is 0.286. The molecule has 4 rings (SSSR count). The molecule has 0 bridgehead atoms. The third kappa shape index (κ3) is 6.99. The minimum atomic E-state index is -3.25. The number of urea groups is 1. The molecular weight excluding hydrogens is 511 g/mol. The van der Waals surface area contributed by atoms with Crippen LogP contribution in [-0.2, 0) is 11.3 Å². The monoisotopic (exact) mass is 539 g/mol. The van der Waals surface area contributed by atoms with Gasteiger partial charge in [-0.25, -0.2) is 9.18 Å². The molecule has 2 aromatic carbocycles. The van der Waals surface area contributed by atoms with Gasteiger partial charge in [-0.15, -0.1) is 0 Å². The van der Waals surface area contributed by atoms with Gasteiger partial charge in [0.1, 0.15) is 5.82 Å². The third-order valence-corrected chi connectivity index (χ3v) is 6.50. The molecule has 1 aliphatic heterocycles. The van der Waals surface area contributed by atoms with Crippen LogP contribution < -0.4 is 10.2 Å². The van der Waals surface area contributed by atoms with E-state index in [1.54, 1.807) is 29.4 Å². The summed E-state index contributed by atoms with van der Waals surface area (Å²) in [6.07, 6.45) is 0.166. The molecule has 1 aromatic heterocycles. The number of aromatic nitrogens is 1. The molecule has 1 saturated heterocycles. The first-order valence-electron chi connectivity index (χ1n) is 12.4. The van der Waals surface area contributed by atoms with Crippen molar-refractivity contribution in [1.29, 1.82) is 0 Å².